The lowest BCUT2D eigenvalue weighted by atomic mass is 10.1. The van der Waals surface area contributed by atoms with Gasteiger partial charge in [-0.25, -0.2) is 15.0 Å². The van der Waals surface area contributed by atoms with Crippen molar-refractivity contribution in [1.82, 2.24) is 25.3 Å². The van der Waals surface area contributed by atoms with Crippen LogP contribution in [0, 0.1) is 0 Å². The molecule has 150 valence electrons. The van der Waals surface area contributed by atoms with Crippen molar-refractivity contribution in [2.24, 2.45) is 5.10 Å². The zero-order chi connectivity index (χ0) is 19.6. The predicted octanol–water partition coefficient (Wildman–Crippen LogP) is 2.64. The fourth-order valence-corrected chi connectivity index (χ4v) is 4.57. The van der Waals surface area contributed by atoms with Gasteiger partial charge in [0.2, 0.25) is 0 Å². The molecular weight excluding hydrogens is 384 g/mol. The molecule has 0 aromatic carbocycles. The number of pyridine rings is 2. The minimum Gasteiger partial charge on any atom is -0.370 e. The Balaban J connectivity index is 1.34. The van der Waals surface area contributed by atoms with Crippen LogP contribution in [0.15, 0.2) is 35.6 Å². The number of likely N-dealkylation sites (N-methyl/N-ethyl adjacent to an activating group) is 1. The first kappa shape index (κ1) is 18.3. The van der Waals surface area contributed by atoms with E-state index in [9.17, 15) is 0 Å². The van der Waals surface area contributed by atoms with Crippen molar-refractivity contribution in [3.63, 3.8) is 0 Å². The van der Waals surface area contributed by atoms with Gasteiger partial charge in [0.05, 0.1) is 11.6 Å². The number of thiazole rings is 1. The van der Waals surface area contributed by atoms with Gasteiger partial charge >= 0.3 is 0 Å². The van der Waals surface area contributed by atoms with Crippen molar-refractivity contribution >= 4 is 44.5 Å². The monoisotopic (exact) mass is 408 g/mol. The Kier molecular flexibility index (Phi) is 4.99. The lowest BCUT2D eigenvalue weighted by Gasteiger charge is -2.23. The summed E-state index contributed by atoms with van der Waals surface area (Å²) < 4.78 is 0. The van der Waals surface area contributed by atoms with Crippen LogP contribution in [0.3, 0.4) is 0 Å². The maximum atomic E-state index is 4.78. The number of fused-ring (bicyclic) bond motifs is 1. The molecule has 3 aromatic heterocycles. The van der Waals surface area contributed by atoms with E-state index in [1.54, 1.807) is 11.3 Å². The SMILES string of the molecule is CN1CCCN(c2ccnc(Nc3nc4ccc(C5C=NNC5)nc4s3)c2)CC1. The van der Waals surface area contributed by atoms with Crippen molar-refractivity contribution in [2.45, 2.75) is 12.3 Å². The fourth-order valence-electron chi connectivity index (χ4n) is 3.72. The van der Waals surface area contributed by atoms with Crippen molar-refractivity contribution < 1.29 is 0 Å². The number of aromatic nitrogens is 3. The second kappa shape index (κ2) is 7.92. The highest BCUT2D eigenvalue weighted by molar-refractivity contribution is 7.21. The van der Waals surface area contributed by atoms with Crippen molar-refractivity contribution in [1.29, 1.82) is 0 Å². The lowest BCUT2D eigenvalue weighted by molar-refractivity contribution is 0.360. The molecule has 29 heavy (non-hydrogen) atoms. The van der Waals surface area contributed by atoms with E-state index in [0.717, 1.165) is 59.7 Å². The molecule has 3 aromatic rings. The molecular formula is C20H24N8S. The predicted molar refractivity (Wildman–Crippen MR) is 118 cm³/mol. The molecule has 0 radical (unpaired) electrons. The van der Waals surface area contributed by atoms with E-state index in [4.69, 9.17) is 4.98 Å². The summed E-state index contributed by atoms with van der Waals surface area (Å²) in [5, 5.41) is 8.26. The molecule has 2 aliphatic heterocycles. The van der Waals surface area contributed by atoms with E-state index in [2.05, 4.69) is 54.8 Å². The van der Waals surface area contributed by atoms with E-state index in [-0.39, 0.29) is 5.92 Å². The van der Waals surface area contributed by atoms with Crippen LogP contribution < -0.4 is 15.6 Å². The van der Waals surface area contributed by atoms with Gasteiger partial charge in [-0.2, -0.15) is 5.10 Å². The standard InChI is InChI=1S/C20H24N8S/c1-27-7-2-8-28(10-9-27)15-5-6-21-18(11-15)26-20-25-17-4-3-16(24-19(17)29-20)14-12-22-23-13-14/h3-6,11-12,14,23H,2,7-10,13H2,1H3,(H,21,25,26). The van der Waals surface area contributed by atoms with Gasteiger partial charge in [0.1, 0.15) is 16.2 Å². The van der Waals surface area contributed by atoms with E-state index >= 15 is 0 Å². The van der Waals surface area contributed by atoms with Crippen molar-refractivity contribution in [3.8, 4) is 0 Å². The Hall–Kier alpha value is -2.78. The number of rotatable bonds is 4. The zero-order valence-corrected chi connectivity index (χ0v) is 17.2. The third-order valence-corrected chi connectivity index (χ3v) is 6.26. The second-order valence-corrected chi connectivity index (χ2v) is 8.47. The molecule has 0 aliphatic carbocycles. The van der Waals surface area contributed by atoms with Gasteiger partial charge < -0.3 is 20.5 Å². The molecule has 0 spiro atoms. The topological polar surface area (TPSA) is 81.6 Å². The van der Waals surface area contributed by atoms with Crippen LogP contribution in [0.2, 0.25) is 0 Å². The first-order valence-corrected chi connectivity index (χ1v) is 10.8. The number of hydrogen-bond donors (Lipinski definition) is 2. The summed E-state index contributed by atoms with van der Waals surface area (Å²) in [6.45, 7) is 5.13. The molecule has 2 aliphatic rings. The van der Waals surface area contributed by atoms with Gasteiger partial charge in [-0.3, -0.25) is 0 Å². The van der Waals surface area contributed by atoms with Crippen LogP contribution in [0.5, 0.6) is 0 Å². The van der Waals surface area contributed by atoms with Gasteiger partial charge in [0.25, 0.3) is 0 Å². The number of hydrogen-bond acceptors (Lipinski definition) is 9. The summed E-state index contributed by atoms with van der Waals surface area (Å²) in [7, 11) is 2.19. The quantitative estimate of drug-likeness (QED) is 0.687. The van der Waals surface area contributed by atoms with E-state index in [1.165, 1.54) is 12.1 Å². The van der Waals surface area contributed by atoms with E-state index in [1.807, 2.05) is 24.5 Å². The van der Waals surface area contributed by atoms with Crippen molar-refractivity contribution in [3.05, 3.63) is 36.2 Å². The molecule has 0 bridgehead atoms. The van der Waals surface area contributed by atoms with Crippen LogP contribution in [-0.4, -0.2) is 65.8 Å². The normalized spacial score (nSPS) is 20.0. The highest BCUT2D eigenvalue weighted by Gasteiger charge is 2.17. The second-order valence-electron chi connectivity index (χ2n) is 7.49. The number of hydrazone groups is 1. The zero-order valence-electron chi connectivity index (χ0n) is 16.4. The van der Waals surface area contributed by atoms with Gasteiger partial charge in [-0.15, -0.1) is 0 Å². The largest absolute Gasteiger partial charge is 0.370 e. The van der Waals surface area contributed by atoms with Gasteiger partial charge in [0, 0.05) is 50.3 Å². The van der Waals surface area contributed by atoms with Crippen LogP contribution >= 0.6 is 11.3 Å². The molecule has 1 atom stereocenters. The molecule has 9 heteroatoms. The Morgan fingerprint density at radius 3 is 3.00 bits per heavy atom. The average molecular weight is 409 g/mol. The third-order valence-electron chi connectivity index (χ3n) is 5.38. The first-order chi connectivity index (χ1) is 14.2. The van der Waals surface area contributed by atoms with Crippen LogP contribution in [-0.2, 0) is 0 Å². The highest BCUT2D eigenvalue weighted by Crippen LogP contribution is 2.29. The smallest absolute Gasteiger partial charge is 0.190 e. The summed E-state index contributed by atoms with van der Waals surface area (Å²) in [6, 6.07) is 8.25. The number of anilines is 3. The molecule has 1 fully saturated rings. The molecule has 8 nitrogen and oxygen atoms in total. The van der Waals surface area contributed by atoms with E-state index in [0.29, 0.717) is 0 Å². The summed E-state index contributed by atoms with van der Waals surface area (Å²) in [5.74, 6) is 1.04. The molecule has 1 unspecified atom stereocenters. The molecule has 2 N–H and O–H groups in total. The Labute approximate surface area is 173 Å². The fraction of sp³-hybridized carbons (Fsp3) is 0.400. The number of nitrogens with zero attached hydrogens (tertiary/aromatic N) is 6. The minimum atomic E-state index is 0.226. The van der Waals surface area contributed by atoms with Gasteiger partial charge in [-0.1, -0.05) is 11.3 Å². The van der Waals surface area contributed by atoms with Crippen molar-refractivity contribution in [2.75, 3.05) is 50.0 Å². The average Bonchev–Trinajstić information content (AvgIpc) is 3.34. The van der Waals surface area contributed by atoms with Gasteiger partial charge in [0.15, 0.2) is 5.13 Å². The van der Waals surface area contributed by atoms with Gasteiger partial charge in [-0.05, 0) is 38.2 Å². The Bertz CT molecular complexity index is 1030. The maximum Gasteiger partial charge on any atom is 0.190 e. The first-order valence-electron chi connectivity index (χ1n) is 9.95. The van der Waals surface area contributed by atoms with E-state index < -0.39 is 0 Å². The maximum absolute atomic E-state index is 4.78. The molecule has 5 rings (SSSR count). The highest BCUT2D eigenvalue weighted by atomic mass is 32.1. The summed E-state index contributed by atoms with van der Waals surface area (Å²) in [5.41, 5.74) is 6.11. The lowest BCUT2D eigenvalue weighted by Crippen LogP contribution is -2.28. The molecule has 5 heterocycles. The molecule has 1 saturated heterocycles. The summed E-state index contributed by atoms with van der Waals surface area (Å²) in [6.07, 6.45) is 4.95. The summed E-state index contributed by atoms with van der Waals surface area (Å²) in [4.78, 5) is 19.7. The summed E-state index contributed by atoms with van der Waals surface area (Å²) >= 11 is 1.55. The Morgan fingerprint density at radius 1 is 1.14 bits per heavy atom. The Morgan fingerprint density at radius 2 is 2.10 bits per heavy atom. The molecule has 0 amide bonds. The molecule has 0 saturated carbocycles. The van der Waals surface area contributed by atoms with Crippen LogP contribution in [0.1, 0.15) is 18.0 Å². The minimum absolute atomic E-state index is 0.226. The van der Waals surface area contributed by atoms with Crippen LogP contribution in [0.4, 0.5) is 16.6 Å². The number of nitrogens with one attached hydrogen (secondary N) is 2. The third kappa shape index (κ3) is 4.01. The van der Waals surface area contributed by atoms with Crippen LogP contribution in [0.25, 0.3) is 10.3 Å².